The van der Waals surface area contributed by atoms with Gasteiger partial charge < -0.3 is 10.1 Å². The Morgan fingerprint density at radius 1 is 1.13 bits per heavy atom. The van der Waals surface area contributed by atoms with E-state index in [1.165, 1.54) is 0 Å². The van der Waals surface area contributed by atoms with E-state index >= 15 is 0 Å². The molecule has 7 heteroatoms. The zero-order valence-corrected chi connectivity index (χ0v) is 15.2. The van der Waals surface area contributed by atoms with E-state index in [1.807, 2.05) is 20.8 Å². The summed E-state index contributed by atoms with van der Waals surface area (Å²) in [7, 11) is -3.51. The number of alkyl carbamates (subject to hydrolysis) is 1. The molecule has 6 nitrogen and oxygen atoms in total. The molecule has 2 unspecified atom stereocenters. The van der Waals surface area contributed by atoms with Gasteiger partial charge in [-0.05, 0) is 64.7 Å². The highest BCUT2D eigenvalue weighted by atomic mass is 32.2. The Kier molecular flexibility index (Phi) is 3.76. The molecule has 4 aliphatic rings. The summed E-state index contributed by atoms with van der Waals surface area (Å²) in [5, 5.41) is 3.06. The van der Waals surface area contributed by atoms with Crippen LogP contribution in [0.3, 0.4) is 0 Å². The van der Waals surface area contributed by atoms with Crippen molar-refractivity contribution in [2.75, 3.05) is 6.26 Å². The SMILES string of the molecule is CC(C)(C)OC(=O)NC12CC3CC(C1)CC(OS(C)(=O)=O)(C3)C2. The molecule has 4 saturated carbocycles. The molecule has 0 saturated heterocycles. The monoisotopic (exact) mass is 345 g/mol. The van der Waals surface area contributed by atoms with Crippen molar-refractivity contribution in [3.8, 4) is 0 Å². The first-order valence-corrected chi connectivity index (χ1v) is 10.1. The van der Waals surface area contributed by atoms with Crippen LogP contribution in [0, 0.1) is 11.8 Å². The summed E-state index contributed by atoms with van der Waals surface area (Å²) in [5.74, 6) is 0.820. The molecule has 0 heterocycles. The van der Waals surface area contributed by atoms with E-state index in [-0.39, 0.29) is 0 Å². The maximum atomic E-state index is 12.2. The first-order chi connectivity index (χ1) is 10.4. The Morgan fingerprint density at radius 2 is 1.70 bits per heavy atom. The number of hydrogen-bond donors (Lipinski definition) is 1. The molecule has 0 aliphatic heterocycles. The van der Waals surface area contributed by atoms with Gasteiger partial charge in [0.15, 0.2) is 0 Å². The lowest BCUT2D eigenvalue weighted by Gasteiger charge is -2.60. The zero-order valence-electron chi connectivity index (χ0n) is 14.3. The van der Waals surface area contributed by atoms with Gasteiger partial charge in [-0.25, -0.2) is 4.79 Å². The summed E-state index contributed by atoms with van der Waals surface area (Å²) in [4.78, 5) is 12.2. The van der Waals surface area contributed by atoms with Crippen LogP contribution in [-0.2, 0) is 19.0 Å². The molecule has 0 radical (unpaired) electrons. The van der Waals surface area contributed by atoms with Gasteiger partial charge in [-0.1, -0.05) is 0 Å². The van der Waals surface area contributed by atoms with E-state index in [4.69, 9.17) is 8.92 Å². The van der Waals surface area contributed by atoms with Crippen LogP contribution in [0.5, 0.6) is 0 Å². The molecule has 1 N–H and O–H groups in total. The van der Waals surface area contributed by atoms with Gasteiger partial charge in [-0.2, -0.15) is 8.42 Å². The van der Waals surface area contributed by atoms with E-state index in [1.54, 1.807) is 0 Å². The van der Waals surface area contributed by atoms with Crippen molar-refractivity contribution >= 4 is 16.2 Å². The van der Waals surface area contributed by atoms with Crippen LogP contribution in [0.1, 0.15) is 59.3 Å². The second kappa shape index (κ2) is 5.09. The number of carbonyl (C=O) groups is 1. The van der Waals surface area contributed by atoms with Gasteiger partial charge in [0.1, 0.15) is 5.60 Å². The van der Waals surface area contributed by atoms with Crippen LogP contribution in [0.4, 0.5) is 4.79 Å². The fourth-order valence-corrected chi connectivity index (χ4v) is 6.10. The lowest BCUT2D eigenvalue weighted by Crippen LogP contribution is -2.66. The summed E-state index contributed by atoms with van der Waals surface area (Å²) in [6.45, 7) is 5.50. The lowest BCUT2D eigenvalue weighted by atomic mass is 9.51. The highest BCUT2D eigenvalue weighted by molar-refractivity contribution is 7.86. The summed E-state index contributed by atoms with van der Waals surface area (Å²) >= 11 is 0. The van der Waals surface area contributed by atoms with E-state index in [2.05, 4.69) is 5.32 Å². The smallest absolute Gasteiger partial charge is 0.408 e. The van der Waals surface area contributed by atoms with Crippen molar-refractivity contribution in [1.29, 1.82) is 0 Å². The standard InChI is InChI=1S/C16H27NO5S/c1-14(2,3)21-13(18)17-15-6-11-5-12(7-15)9-16(8-11,10-15)22-23(4,19)20/h11-12H,5-10H2,1-4H3,(H,17,18). The Balaban J connectivity index is 1.79. The number of hydrogen-bond acceptors (Lipinski definition) is 5. The average molecular weight is 345 g/mol. The molecular weight excluding hydrogens is 318 g/mol. The van der Waals surface area contributed by atoms with Gasteiger partial charge in [0.2, 0.25) is 0 Å². The topological polar surface area (TPSA) is 81.7 Å². The molecule has 0 spiro atoms. The van der Waals surface area contributed by atoms with Crippen LogP contribution >= 0.6 is 0 Å². The summed E-state index contributed by atoms with van der Waals surface area (Å²) in [5.41, 5.74) is -1.59. The van der Waals surface area contributed by atoms with Crippen LogP contribution in [0.25, 0.3) is 0 Å². The molecule has 23 heavy (non-hydrogen) atoms. The van der Waals surface area contributed by atoms with Gasteiger partial charge >= 0.3 is 6.09 Å². The molecule has 132 valence electrons. The molecule has 4 fully saturated rings. The minimum Gasteiger partial charge on any atom is -0.444 e. The minimum absolute atomic E-state index is 0.392. The third-order valence-electron chi connectivity index (χ3n) is 5.10. The molecule has 2 atom stereocenters. The number of carbonyl (C=O) groups excluding carboxylic acids is 1. The van der Waals surface area contributed by atoms with Crippen molar-refractivity contribution in [3.63, 3.8) is 0 Å². The second-order valence-corrected chi connectivity index (χ2v) is 10.4. The summed E-state index contributed by atoms with van der Waals surface area (Å²) in [6.07, 6.45) is 5.66. The van der Waals surface area contributed by atoms with Gasteiger partial charge in [0.05, 0.1) is 11.9 Å². The minimum atomic E-state index is -3.51. The fraction of sp³-hybridized carbons (Fsp3) is 0.938. The Hall–Kier alpha value is -0.820. The fourth-order valence-electron chi connectivity index (χ4n) is 5.26. The normalized spacial score (nSPS) is 39.3. The third-order valence-corrected chi connectivity index (χ3v) is 5.76. The van der Waals surface area contributed by atoms with Crippen molar-refractivity contribution in [3.05, 3.63) is 0 Å². The maximum absolute atomic E-state index is 12.2. The van der Waals surface area contributed by atoms with E-state index in [0.717, 1.165) is 38.4 Å². The second-order valence-electron chi connectivity index (χ2n) is 8.84. The van der Waals surface area contributed by atoms with E-state index in [9.17, 15) is 13.2 Å². The predicted molar refractivity (Wildman–Crippen MR) is 85.4 cm³/mol. The van der Waals surface area contributed by atoms with Crippen LogP contribution < -0.4 is 5.32 Å². The summed E-state index contributed by atoms with van der Waals surface area (Å²) < 4.78 is 34.3. The van der Waals surface area contributed by atoms with Gasteiger partial charge in [-0.15, -0.1) is 0 Å². The lowest BCUT2D eigenvalue weighted by molar-refractivity contribution is -0.123. The van der Waals surface area contributed by atoms with Crippen LogP contribution in [0.15, 0.2) is 0 Å². The van der Waals surface area contributed by atoms with Crippen molar-refractivity contribution in [2.45, 2.75) is 76.0 Å². The number of nitrogens with one attached hydrogen (secondary N) is 1. The molecule has 0 aromatic heterocycles. The molecular formula is C16H27NO5S. The highest BCUT2D eigenvalue weighted by Crippen LogP contribution is 2.59. The van der Waals surface area contributed by atoms with E-state index in [0.29, 0.717) is 18.3 Å². The number of rotatable bonds is 3. The van der Waals surface area contributed by atoms with Gasteiger partial charge in [-0.3, -0.25) is 4.18 Å². The third kappa shape index (κ3) is 3.82. The van der Waals surface area contributed by atoms with Gasteiger partial charge in [0.25, 0.3) is 10.1 Å². The van der Waals surface area contributed by atoms with Crippen LogP contribution in [0.2, 0.25) is 0 Å². The predicted octanol–water partition coefficient (Wildman–Crippen LogP) is 2.58. The quantitative estimate of drug-likeness (QED) is 0.795. The molecule has 0 aromatic rings. The molecule has 4 rings (SSSR count). The first-order valence-electron chi connectivity index (χ1n) is 8.30. The zero-order chi connectivity index (χ0) is 17.1. The van der Waals surface area contributed by atoms with E-state index < -0.39 is 33.0 Å². The number of ether oxygens (including phenoxy) is 1. The van der Waals surface area contributed by atoms with Gasteiger partial charge in [0, 0.05) is 12.0 Å². The maximum Gasteiger partial charge on any atom is 0.408 e. The first kappa shape index (κ1) is 17.0. The largest absolute Gasteiger partial charge is 0.444 e. The Bertz CT molecular complexity index is 592. The summed E-state index contributed by atoms with van der Waals surface area (Å²) in [6, 6.07) is 0. The van der Waals surface area contributed by atoms with Crippen molar-refractivity contribution in [1.82, 2.24) is 5.32 Å². The highest BCUT2D eigenvalue weighted by Gasteiger charge is 2.60. The Labute approximate surface area is 138 Å². The molecule has 4 bridgehead atoms. The van der Waals surface area contributed by atoms with Crippen LogP contribution in [-0.4, -0.2) is 37.5 Å². The van der Waals surface area contributed by atoms with Crippen molar-refractivity contribution < 1.29 is 22.1 Å². The number of amides is 1. The molecule has 1 amide bonds. The molecule has 0 aromatic carbocycles. The van der Waals surface area contributed by atoms with Crippen molar-refractivity contribution in [2.24, 2.45) is 11.8 Å². The molecule has 4 aliphatic carbocycles. The Morgan fingerprint density at radius 3 is 2.17 bits per heavy atom. The average Bonchev–Trinajstić information content (AvgIpc) is 2.17.